The minimum Gasteiger partial charge on any atom is -0.475 e. The Labute approximate surface area is 240 Å². The first-order valence-corrected chi connectivity index (χ1v) is 16.2. The van der Waals surface area contributed by atoms with Gasteiger partial charge >= 0.3 is 0 Å². The second-order valence-electron chi connectivity index (χ2n) is 11.9. The van der Waals surface area contributed by atoms with Crippen LogP contribution in [0.4, 0.5) is 11.5 Å². The smallest absolute Gasteiger partial charge is 0.281 e. The van der Waals surface area contributed by atoms with Crippen molar-refractivity contribution in [2.45, 2.75) is 80.9 Å². The van der Waals surface area contributed by atoms with E-state index in [1.54, 1.807) is 18.2 Å². The molecule has 1 spiro atoms. The fourth-order valence-corrected chi connectivity index (χ4v) is 7.67. The molecule has 9 nitrogen and oxygen atoms in total. The number of benzene rings is 1. The zero-order valence-corrected chi connectivity index (χ0v) is 24.2. The summed E-state index contributed by atoms with van der Waals surface area (Å²) in [5.41, 5.74) is 0.0663. The monoisotopic (exact) mass is 588 g/mol. The highest BCUT2D eigenvalue weighted by Crippen LogP contribution is 2.48. The minimum absolute atomic E-state index is 0.246. The highest BCUT2D eigenvalue weighted by Gasteiger charge is 2.54. The second kappa shape index (κ2) is 10.7. The van der Waals surface area contributed by atoms with E-state index in [0.29, 0.717) is 54.4 Å². The Hall–Kier alpha value is -2.56. The first-order valence-electron chi connectivity index (χ1n) is 14.4. The van der Waals surface area contributed by atoms with Crippen LogP contribution in [-0.2, 0) is 14.8 Å². The Bertz CT molecular complexity index is 1370. The van der Waals surface area contributed by atoms with E-state index in [1.165, 1.54) is 38.2 Å². The van der Waals surface area contributed by atoms with Crippen molar-refractivity contribution in [1.82, 2.24) is 9.71 Å². The molecule has 11 heteroatoms. The summed E-state index contributed by atoms with van der Waals surface area (Å²) in [7, 11) is -4.23. The molecule has 1 aromatic heterocycles. The molecule has 4 fully saturated rings. The molecule has 1 amide bonds. The van der Waals surface area contributed by atoms with Gasteiger partial charge in [-0.25, -0.2) is 9.71 Å². The molecule has 0 radical (unpaired) electrons. The predicted octanol–water partition coefficient (Wildman–Crippen LogP) is 4.27. The number of anilines is 2. The summed E-state index contributed by atoms with van der Waals surface area (Å²) in [5.74, 6) is 0.247. The number of ether oxygens (including phenoxy) is 1. The average molecular weight is 589 g/mol. The molecule has 3 heterocycles. The zero-order chi connectivity index (χ0) is 28.0. The van der Waals surface area contributed by atoms with E-state index in [2.05, 4.69) is 14.6 Å². The Morgan fingerprint density at radius 2 is 1.75 bits per heavy atom. The van der Waals surface area contributed by atoms with Gasteiger partial charge < -0.3 is 19.6 Å². The van der Waals surface area contributed by atoms with Crippen molar-refractivity contribution in [3.05, 3.63) is 41.4 Å². The number of pyridine rings is 1. The first kappa shape index (κ1) is 27.6. The van der Waals surface area contributed by atoms with Crippen molar-refractivity contribution in [1.29, 1.82) is 0 Å². The van der Waals surface area contributed by atoms with E-state index >= 15 is 0 Å². The Balaban J connectivity index is 1.16. The molecule has 4 aliphatic rings. The fourth-order valence-electron chi connectivity index (χ4n) is 6.50. The number of hydrogen-bond donors (Lipinski definition) is 2. The van der Waals surface area contributed by atoms with Crippen LogP contribution in [0.25, 0.3) is 0 Å². The van der Waals surface area contributed by atoms with E-state index in [1.807, 2.05) is 17.0 Å². The van der Waals surface area contributed by atoms with Crippen molar-refractivity contribution >= 4 is 39.0 Å². The molecule has 1 aromatic carbocycles. The maximum Gasteiger partial charge on any atom is 0.281 e. The van der Waals surface area contributed by atoms with E-state index in [9.17, 15) is 18.3 Å². The van der Waals surface area contributed by atoms with Crippen molar-refractivity contribution in [2.75, 3.05) is 36.0 Å². The predicted molar refractivity (Wildman–Crippen MR) is 153 cm³/mol. The molecule has 2 N–H and O–H groups in total. The molecule has 2 saturated carbocycles. The lowest BCUT2D eigenvalue weighted by Crippen LogP contribution is -2.44. The minimum atomic E-state index is -4.23. The van der Waals surface area contributed by atoms with Crippen LogP contribution >= 0.6 is 11.6 Å². The van der Waals surface area contributed by atoms with Gasteiger partial charge in [-0.2, -0.15) is 8.42 Å². The largest absolute Gasteiger partial charge is 0.475 e. The molecule has 2 saturated heterocycles. The molecule has 2 aromatic rings. The maximum atomic E-state index is 13.3. The molecule has 1 atom stereocenters. The van der Waals surface area contributed by atoms with Crippen molar-refractivity contribution < 1.29 is 23.1 Å². The number of β-amino-alcohol motifs (C(OH)–C–C–N with tert-alkyl or cyclic N) is 1. The number of halogens is 1. The summed E-state index contributed by atoms with van der Waals surface area (Å²) in [5, 5.41) is 10.1. The summed E-state index contributed by atoms with van der Waals surface area (Å²) < 4.78 is 34.9. The molecule has 2 aliphatic heterocycles. The van der Waals surface area contributed by atoms with Gasteiger partial charge in [0.1, 0.15) is 11.6 Å². The number of piperidine rings is 1. The number of hydrogen-bond acceptors (Lipinski definition) is 8. The standard InChI is InChI=1S/C29H37ClN4O5S/c30-21-7-8-23(33-17-14-28(15-18-33)10-2-1-3-11-28)24(19-21)39-29(12-13-29)27(36)32-40(37,38)26-6-4-5-25(31-26)34-16-9-22(35)20-34/h4-8,19,22,35H,1-3,9-18,20H2,(H,32,36). The van der Waals surface area contributed by atoms with Gasteiger partial charge in [0.05, 0.1) is 11.8 Å². The lowest BCUT2D eigenvalue weighted by Gasteiger charge is -2.45. The lowest BCUT2D eigenvalue weighted by atomic mass is 9.68. The molecule has 40 heavy (non-hydrogen) atoms. The Kier molecular flexibility index (Phi) is 7.37. The summed E-state index contributed by atoms with van der Waals surface area (Å²) >= 11 is 6.34. The van der Waals surface area contributed by atoms with E-state index < -0.39 is 27.6 Å². The number of amides is 1. The van der Waals surface area contributed by atoms with Gasteiger partial charge in [-0.15, -0.1) is 0 Å². The number of nitrogens with one attached hydrogen (secondary N) is 1. The van der Waals surface area contributed by atoms with Gasteiger partial charge in [-0.1, -0.05) is 36.9 Å². The molecular weight excluding hydrogens is 552 g/mol. The fraction of sp³-hybridized carbons (Fsp3) is 0.586. The Morgan fingerprint density at radius 1 is 1.00 bits per heavy atom. The summed E-state index contributed by atoms with van der Waals surface area (Å²) in [6.07, 6.45) is 9.80. The lowest BCUT2D eigenvalue weighted by molar-refractivity contribution is -0.127. The number of rotatable bonds is 7. The van der Waals surface area contributed by atoms with Crippen LogP contribution in [0.2, 0.25) is 5.02 Å². The van der Waals surface area contributed by atoms with E-state index in [-0.39, 0.29) is 5.03 Å². The van der Waals surface area contributed by atoms with Crippen molar-refractivity contribution in [3.8, 4) is 5.75 Å². The topological polar surface area (TPSA) is 112 Å². The van der Waals surface area contributed by atoms with Crippen LogP contribution in [0.5, 0.6) is 5.75 Å². The summed E-state index contributed by atoms with van der Waals surface area (Å²) in [4.78, 5) is 21.8. The third kappa shape index (κ3) is 5.63. The van der Waals surface area contributed by atoms with Crippen LogP contribution in [-0.4, -0.2) is 62.3 Å². The molecule has 1 unspecified atom stereocenters. The first-order chi connectivity index (χ1) is 19.2. The second-order valence-corrected chi connectivity index (χ2v) is 14.0. The quantitative estimate of drug-likeness (QED) is 0.493. The number of aliphatic hydroxyl groups is 1. The molecule has 216 valence electrons. The average Bonchev–Trinajstić information content (AvgIpc) is 3.60. The van der Waals surface area contributed by atoms with Gasteiger partial charge in [0.2, 0.25) is 0 Å². The number of nitrogens with zero attached hydrogens (tertiary/aromatic N) is 3. The van der Waals surface area contributed by atoms with Crippen LogP contribution in [0, 0.1) is 5.41 Å². The van der Waals surface area contributed by atoms with Gasteiger partial charge in [-0.05, 0) is 61.8 Å². The third-order valence-electron chi connectivity index (χ3n) is 9.12. The van der Waals surface area contributed by atoms with Crippen LogP contribution in [0.15, 0.2) is 41.4 Å². The highest BCUT2D eigenvalue weighted by molar-refractivity contribution is 7.90. The summed E-state index contributed by atoms with van der Waals surface area (Å²) in [6.45, 7) is 2.81. The number of sulfonamides is 1. The number of carbonyl (C=O) groups is 1. The zero-order valence-electron chi connectivity index (χ0n) is 22.6. The highest BCUT2D eigenvalue weighted by atomic mass is 35.5. The van der Waals surface area contributed by atoms with E-state index in [4.69, 9.17) is 16.3 Å². The maximum absolute atomic E-state index is 13.3. The normalized spacial score (nSPS) is 23.7. The number of aliphatic hydroxyl groups excluding tert-OH is 1. The van der Waals surface area contributed by atoms with Gasteiger partial charge in [-0.3, -0.25) is 4.79 Å². The SMILES string of the molecule is O=C(NS(=O)(=O)c1cccc(N2CCC(O)C2)n1)C1(Oc2cc(Cl)ccc2N2CCC3(CCCCC3)CC2)CC1. The molecular formula is C29H37ClN4O5S. The van der Waals surface area contributed by atoms with Gasteiger partial charge in [0.25, 0.3) is 15.9 Å². The Morgan fingerprint density at radius 3 is 2.42 bits per heavy atom. The van der Waals surface area contributed by atoms with Gasteiger partial charge in [0, 0.05) is 50.1 Å². The molecule has 6 rings (SSSR count). The van der Waals surface area contributed by atoms with Crippen LogP contribution in [0.1, 0.15) is 64.2 Å². The number of aromatic nitrogens is 1. The van der Waals surface area contributed by atoms with Crippen molar-refractivity contribution in [3.63, 3.8) is 0 Å². The van der Waals surface area contributed by atoms with Crippen LogP contribution < -0.4 is 19.3 Å². The third-order valence-corrected chi connectivity index (χ3v) is 10.6. The van der Waals surface area contributed by atoms with Crippen LogP contribution in [0.3, 0.4) is 0 Å². The van der Waals surface area contributed by atoms with Crippen molar-refractivity contribution in [2.24, 2.45) is 5.41 Å². The van der Waals surface area contributed by atoms with E-state index in [0.717, 1.165) is 31.6 Å². The van der Waals surface area contributed by atoms with Gasteiger partial charge in [0.15, 0.2) is 10.6 Å². The summed E-state index contributed by atoms with van der Waals surface area (Å²) in [6, 6.07) is 10.1. The molecule has 0 bridgehead atoms. The number of carbonyl (C=O) groups excluding carboxylic acids is 1. The molecule has 2 aliphatic carbocycles.